The Morgan fingerprint density at radius 2 is 1.78 bits per heavy atom. The number of nitrogens with zero attached hydrogens (tertiary/aromatic N) is 6. The van der Waals surface area contributed by atoms with Gasteiger partial charge in [0.05, 0.1) is 29.8 Å². The van der Waals surface area contributed by atoms with Crippen molar-refractivity contribution in [2.75, 3.05) is 33.2 Å². The third-order valence-corrected chi connectivity index (χ3v) is 6.66. The van der Waals surface area contributed by atoms with Crippen LogP contribution in [0.15, 0.2) is 55.1 Å². The number of amides is 1. The molecule has 0 spiro atoms. The lowest BCUT2D eigenvalue weighted by Crippen LogP contribution is -2.52. The molecule has 10 heteroatoms. The van der Waals surface area contributed by atoms with E-state index in [-0.39, 0.29) is 5.91 Å². The summed E-state index contributed by atoms with van der Waals surface area (Å²) in [5, 5.41) is 7.65. The molecule has 182 valence electrons. The van der Waals surface area contributed by atoms with Crippen LogP contribution in [-0.4, -0.2) is 73.8 Å². The molecule has 1 aliphatic rings. The molecule has 36 heavy (non-hydrogen) atoms. The highest BCUT2D eigenvalue weighted by Gasteiger charge is 2.19. The van der Waals surface area contributed by atoms with Gasteiger partial charge < -0.3 is 9.88 Å². The van der Waals surface area contributed by atoms with Crippen molar-refractivity contribution in [2.45, 2.75) is 0 Å². The van der Waals surface area contributed by atoms with E-state index in [0.717, 1.165) is 48.3 Å². The molecular weight excluding hydrogens is 459 g/mol. The molecule has 5 aromatic rings. The Balaban J connectivity index is 1.37. The third-order valence-electron chi connectivity index (χ3n) is 6.66. The SMILES string of the molecule is CN1CCN(NC(=O)c2ccc(-c3c(F)cnc4[nH]c5cnc(-c6cnn(C)c6)cc5c34)cc2)CC1. The quantitative estimate of drug-likeness (QED) is 0.407. The van der Waals surface area contributed by atoms with E-state index in [9.17, 15) is 4.79 Å². The molecule has 0 unspecified atom stereocenters. The van der Waals surface area contributed by atoms with Crippen LogP contribution in [0, 0.1) is 5.82 Å². The van der Waals surface area contributed by atoms with Crippen molar-refractivity contribution >= 4 is 27.8 Å². The molecule has 1 amide bonds. The zero-order valence-corrected chi connectivity index (χ0v) is 20.0. The number of benzene rings is 1. The number of aryl methyl sites for hydroxylation is 1. The van der Waals surface area contributed by atoms with Gasteiger partial charge in [-0.05, 0) is 30.8 Å². The van der Waals surface area contributed by atoms with Gasteiger partial charge >= 0.3 is 0 Å². The number of aromatic nitrogens is 5. The van der Waals surface area contributed by atoms with Gasteiger partial charge in [0.25, 0.3) is 5.91 Å². The molecule has 0 bridgehead atoms. The number of hydrazine groups is 1. The summed E-state index contributed by atoms with van der Waals surface area (Å²) in [5.74, 6) is -0.608. The molecule has 1 fully saturated rings. The summed E-state index contributed by atoms with van der Waals surface area (Å²) in [4.78, 5) is 27.0. The number of pyridine rings is 2. The van der Waals surface area contributed by atoms with Crippen LogP contribution in [0.5, 0.6) is 0 Å². The van der Waals surface area contributed by atoms with Gasteiger partial charge in [0, 0.05) is 66.9 Å². The van der Waals surface area contributed by atoms with Crippen molar-refractivity contribution in [2.24, 2.45) is 7.05 Å². The van der Waals surface area contributed by atoms with Crippen molar-refractivity contribution in [3.05, 3.63) is 66.5 Å². The lowest BCUT2D eigenvalue weighted by Gasteiger charge is -2.32. The number of likely N-dealkylation sites (N-methyl/N-ethyl adjacent to an activating group) is 1. The number of carbonyl (C=O) groups excluding carboxylic acids is 1. The number of rotatable bonds is 4. The van der Waals surface area contributed by atoms with Gasteiger partial charge in [0.2, 0.25) is 0 Å². The number of H-pyrrole nitrogens is 1. The number of aromatic amines is 1. The van der Waals surface area contributed by atoms with Crippen LogP contribution in [-0.2, 0) is 7.05 Å². The van der Waals surface area contributed by atoms with Crippen molar-refractivity contribution in [3.8, 4) is 22.4 Å². The Bertz CT molecular complexity index is 1580. The van der Waals surface area contributed by atoms with Crippen molar-refractivity contribution in [1.29, 1.82) is 0 Å². The standard InChI is InChI=1S/C26H25FN8O/c1-33-7-9-35(10-8-33)32-26(36)17-5-3-16(4-6-17)23-20(27)13-29-25-24(23)19-11-21(28-14-22(19)31-25)18-12-30-34(2)15-18/h3-6,11-15H,7-10H2,1-2H3,(H,29,31)(H,32,36). The van der Waals surface area contributed by atoms with Crippen LogP contribution in [0.3, 0.4) is 0 Å². The molecule has 1 aromatic carbocycles. The number of hydrogen-bond acceptors (Lipinski definition) is 6. The van der Waals surface area contributed by atoms with Gasteiger partial charge in [-0.15, -0.1) is 0 Å². The fraction of sp³-hybridized carbons (Fsp3) is 0.231. The monoisotopic (exact) mass is 484 g/mol. The highest BCUT2D eigenvalue weighted by Crippen LogP contribution is 2.36. The lowest BCUT2D eigenvalue weighted by molar-refractivity contribution is 0.0662. The van der Waals surface area contributed by atoms with E-state index in [2.05, 4.69) is 37.4 Å². The second kappa shape index (κ2) is 8.81. The number of carbonyl (C=O) groups is 1. The summed E-state index contributed by atoms with van der Waals surface area (Å²) in [6.45, 7) is 3.35. The summed E-state index contributed by atoms with van der Waals surface area (Å²) < 4.78 is 17.0. The van der Waals surface area contributed by atoms with Crippen LogP contribution < -0.4 is 5.43 Å². The second-order valence-electron chi connectivity index (χ2n) is 9.16. The van der Waals surface area contributed by atoms with E-state index in [0.29, 0.717) is 27.7 Å². The third kappa shape index (κ3) is 4.00. The summed E-state index contributed by atoms with van der Waals surface area (Å²) in [6, 6.07) is 8.93. The van der Waals surface area contributed by atoms with E-state index in [1.54, 1.807) is 41.3 Å². The lowest BCUT2D eigenvalue weighted by atomic mass is 9.99. The Morgan fingerprint density at radius 3 is 2.50 bits per heavy atom. The number of halogens is 1. The fourth-order valence-electron chi connectivity index (χ4n) is 4.64. The molecular formula is C26H25FN8O. The van der Waals surface area contributed by atoms with E-state index in [1.165, 1.54) is 6.20 Å². The topological polar surface area (TPSA) is 95.0 Å². The largest absolute Gasteiger partial charge is 0.338 e. The molecule has 6 rings (SSSR count). The van der Waals surface area contributed by atoms with Gasteiger partial charge in [0.15, 0.2) is 0 Å². The first-order chi connectivity index (χ1) is 17.5. The maximum absolute atomic E-state index is 15.2. The molecule has 0 aliphatic carbocycles. The molecule has 1 saturated heterocycles. The van der Waals surface area contributed by atoms with E-state index < -0.39 is 5.82 Å². The summed E-state index contributed by atoms with van der Waals surface area (Å²) in [6.07, 6.45) is 6.58. The van der Waals surface area contributed by atoms with E-state index in [1.807, 2.05) is 24.3 Å². The van der Waals surface area contributed by atoms with E-state index in [4.69, 9.17) is 0 Å². The minimum absolute atomic E-state index is 0.175. The molecule has 9 nitrogen and oxygen atoms in total. The molecule has 0 radical (unpaired) electrons. The van der Waals surface area contributed by atoms with Crippen LogP contribution in [0.1, 0.15) is 10.4 Å². The first-order valence-corrected chi connectivity index (χ1v) is 11.8. The van der Waals surface area contributed by atoms with Gasteiger partial charge in [-0.1, -0.05) is 12.1 Å². The summed E-state index contributed by atoms with van der Waals surface area (Å²) in [7, 11) is 3.91. The molecule has 1 aliphatic heterocycles. The predicted molar refractivity (Wildman–Crippen MR) is 136 cm³/mol. The Labute approximate surface area is 206 Å². The van der Waals surface area contributed by atoms with E-state index >= 15 is 4.39 Å². The first-order valence-electron chi connectivity index (χ1n) is 11.8. The van der Waals surface area contributed by atoms with Crippen molar-refractivity contribution in [1.82, 2.24) is 40.1 Å². The highest BCUT2D eigenvalue weighted by molar-refractivity contribution is 6.13. The fourth-order valence-corrected chi connectivity index (χ4v) is 4.64. The summed E-state index contributed by atoms with van der Waals surface area (Å²) >= 11 is 0. The summed E-state index contributed by atoms with van der Waals surface area (Å²) in [5.41, 5.74) is 7.52. The zero-order chi connectivity index (χ0) is 24.8. The average molecular weight is 485 g/mol. The van der Waals surface area contributed by atoms with Crippen molar-refractivity contribution < 1.29 is 9.18 Å². The molecule has 4 aromatic heterocycles. The predicted octanol–water partition coefficient (Wildman–Crippen LogP) is 3.21. The van der Waals surface area contributed by atoms with Crippen LogP contribution >= 0.6 is 0 Å². The van der Waals surface area contributed by atoms with Gasteiger partial charge in [-0.3, -0.25) is 19.9 Å². The molecule has 5 heterocycles. The van der Waals surface area contributed by atoms with Crippen LogP contribution in [0.2, 0.25) is 0 Å². The average Bonchev–Trinajstić information content (AvgIpc) is 3.48. The number of hydrogen-bond donors (Lipinski definition) is 2. The Hall–Kier alpha value is -4.15. The van der Waals surface area contributed by atoms with Crippen molar-refractivity contribution in [3.63, 3.8) is 0 Å². The first kappa shape index (κ1) is 22.3. The minimum atomic E-state index is -0.433. The number of fused-ring (bicyclic) bond motifs is 3. The zero-order valence-electron chi connectivity index (χ0n) is 20.0. The van der Waals surface area contributed by atoms with Crippen LogP contribution in [0.25, 0.3) is 44.3 Å². The van der Waals surface area contributed by atoms with Gasteiger partial charge in [-0.25, -0.2) is 14.4 Å². The Kier molecular flexibility index (Phi) is 5.46. The minimum Gasteiger partial charge on any atom is -0.338 e. The highest BCUT2D eigenvalue weighted by atomic mass is 19.1. The van der Waals surface area contributed by atoms with Gasteiger partial charge in [0.1, 0.15) is 11.5 Å². The number of piperazine rings is 1. The maximum Gasteiger partial charge on any atom is 0.265 e. The smallest absolute Gasteiger partial charge is 0.265 e. The number of nitrogens with one attached hydrogen (secondary N) is 2. The van der Waals surface area contributed by atoms with Gasteiger partial charge in [-0.2, -0.15) is 5.10 Å². The molecule has 0 atom stereocenters. The maximum atomic E-state index is 15.2. The molecule has 2 N–H and O–H groups in total. The van der Waals surface area contributed by atoms with Crippen LogP contribution in [0.4, 0.5) is 4.39 Å². The Morgan fingerprint density at radius 1 is 1.00 bits per heavy atom. The molecule has 0 saturated carbocycles. The normalized spacial score (nSPS) is 15.1. The second-order valence-corrected chi connectivity index (χ2v) is 9.16.